The highest BCUT2D eigenvalue weighted by molar-refractivity contribution is 6.78. The summed E-state index contributed by atoms with van der Waals surface area (Å²) < 4.78 is 5.21. The van der Waals surface area contributed by atoms with Crippen molar-refractivity contribution in [3.63, 3.8) is 0 Å². The second-order valence-corrected chi connectivity index (χ2v) is 13.7. The van der Waals surface area contributed by atoms with E-state index in [4.69, 9.17) is 9.84 Å². The zero-order valence-electron chi connectivity index (χ0n) is 16.9. The number of aliphatic hydroxyl groups is 1. The van der Waals surface area contributed by atoms with E-state index >= 15 is 0 Å². The first-order chi connectivity index (χ1) is 12.4. The highest BCUT2D eigenvalue weighted by Crippen LogP contribution is 2.27. The maximum atomic E-state index is 11.9. The van der Waals surface area contributed by atoms with E-state index in [0.717, 1.165) is 5.56 Å². The van der Waals surface area contributed by atoms with Crippen molar-refractivity contribution in [3.8, 4) is 0 Å². The number of carbonyl (C=O) groups excluding carboxylic acids is 2. The van der Waals surface area contributed by atoms with Gasteiger partial charge in [0.2, 0.25) is 0 Å². The Morgan fingerprint density at radius 2 is 1.89 bits per heavy atom. The summed E-state index contributed by atoms with van der Waals surface area (Å²) in [5, 5.41) is 19.8. The number of aliphatic carboxylic acids is 1. The molecular formula is C19H32N2O5Si. The first kappa shape index (κ1) is 23.1. The minimum Gasteiger partial charge on any atom is -0.548 e. The zero-order valence-corrected chi connectivity index (χ0v) is 17.9. The molecule has 0 aromatic heterocycles. The molecule has 1 aliphatic heterocycles. The summed E-state index contributed by atoms with van der Waals surface area (Å²) in [6.45, 7) is 9.53. The first-order valence-corrected chi connectivity index (χ1v) is 12.5. The Labute approximate surface area is 162 Å². The summed E-state index contributed by atoms with van der Waals surface area (Å²) in [7, 11) is -1.66. The standard InChI is InChI=1S/C11H21NO4Si.C8H11NO/c1-11(2,3)16-10(15)12-7-17(4,5)6-8(12)9(13)14;9-8(6-10)7-4-2-1-3-5-7/h8H,6-7H2,1-5H3,(H,13,14);1-5,8,10H,6,9H2/t2*8-/m00/s1. The number of nitrogens with zero attached hydrogens (tertiary/aromatic N) is 1. The van der Waals surface area contributed by atoms with Crippen molar-refractivity contribution in [1.29, 1.82) is 0 Å². The lowest BCUT2D eigenvalue weighted by atomic mass is 10.1. The Hall–Kier alpha value is -1.90. The Bertz CT molecular complexity index is 631. The SMILES string of the molecule is CC(C)(C)OC(=O)N1C[Si](C)(C)C[C@H]1C(=O)[O-].[NH3+][C@@H](CO)c1ccccc1. The molecule has 0 aliphatic carbocycles. The highest BCUT2D eigenvalue weighted by Gasteiger charge is 2.43. The van der Waals surface area contributed by atoms with Gasteiger partial charge in [0.1, 0.15) is 11.6 Å². The van der Waals surface area contributed by atoms with Crippen LogP contribution in [0.25, 0.3) is 0 Å². The molecule has 1 saturated heterocycles. The minimum atomic E-state index is -1.66. The quantitative estimate of drug-likeness (QED) is 0.724. The summed E-state index contributed by atoms with van der Waals surface area (Å²) >= 11 is 0. The van der Waals surface area contributed by atoms with Crippen LogP contribution in [-0.4, -0.2) is 54.6 Å². The van der Waals surface area contributed by atoms with Crippen molar-refractivity contribution in [2.24, 2.45) is 0 Å². The molecule has 4 N–H and O–H groups in total. The molecule has 8 heteroatoms. The molecule has 1 fully saturated rings. The van der Waals surface area contributed by atoms with E-state index < -0.39 is 31.8 Å². The number of carboxylic acid groups (broad SMARTS) is 1. The summed E-state index contributed by atoms with van der Waals surface area (Å²) in [4.78, 5) is 24.2. The van der Waals surface area contributed by atoms with E-state index in [0.29, 0.717) is 12.2 Å². The Kier molecular flexibility index (Phi) is 8.00. The van der Waals surface area contributed by atoms with Gasteiger partial charge in [-0.05, 0) is 26.8 Å². The molecule has 0 radical (unpaired) electrons. The second kappa shape index (κ2) is 9.34. The van der Waals surface area contributed by atoms with Gasteiger partial charge in [-0.1, -0.05) is 43.4 Å². The highest BCUT2D eigenvalue weighted by atomic mass is 28.3. The summed E-state index contributed by atoms with van der Waals surface area (Å²) in [5.74, 6) is -1.19. The molecular weight excluding hydrogens is 364 g/mol. The van der Waals surface area contributed by atoms with Crippen LogP contribution < -0.4 is 10.8 Å². The summed E-state index contributed by atoms with van der Waals surface area (Å²) in [5.41, 5.74) is 4.26. The molecule has 7 nitrogen and oxygen atoms in total. The third-order valence-corrected chi connectivity index (χ3v) is 6.80. The number of ether oxygens (including phenoxy) is 1. The van der Waals surface area contributed by atoms with Gasteiger partial charge in [-0.3, -0.25) is 0 Å². The Balaban J connectivity index is 0.000000309. The van der Waals surface area contributed by atoms with E-state index in [1.54, 1.807) is 20.8 Å². The Morgan fingerprint density at radius 3 is 2.33 bits per heavy atom. The van der Waals surface area contributed by atoms with E-state index in [1.807, 2.05) is 30.3 Å². The number of benzene rings is 1. The van der Waals surface area contributed by atoms with Gasteiger partial charge in [-0.15, -0.1) is 0 Å². The van der Waals surface area contributed by atoms with Gasteiger partial charge < -0.3 is 30.4 Å². The topological polar surface area (TPSA) is 118 Å². The summed E-state index contributed by atoms with van der Waals surface area (Å²) in [6.07, 6.45) is -0.0367. The fourth-order valence-corrected chi connectivity index (χ4v) is 5.66. The van der Waals surface area contributed by atoms with Gasteiger partial charge in [0, 0.05) is 11.7 Å². The van der Waals surface area contributed by atoms with Gasteiger partial charge in [0.05, 0.1) is 26.7 Å². The Morgan fingerprint density at radius 1 is 1.33 bits per heavy atom. The fourth-order valence-electron chi connectivity index (χ4n) is 2.82. The molecule has 152 valence electrons. The number of hydrogen-bond acceptors (Lipinski definition) is 5. The maximum absolute atomic E-state index is 11.9. The lowest BCUT2D eigenvalue weighted by Crippen LogP contribution is -2.55. The largest absolute Gasteiger partial charge is 0.548 e. The fraction of sp³-hybridized carbons (Fsp3) is 0.579. The molecule has 2 atom stereocenters. The van der Waals surface area contributed by atoms with Crippen LogP contribution in [0, 0.1) is 0 Å². The lowest BCUT2D eigenvalue weighted by molar-refractivity contribution is -0.432. The van der Waals surface area contributed by atoms with Crippen molar-refractivity contribution in [2.45, 2.75) is 57.6 Å². The first-order valence-electron chi connectivity index (χ1n) is 9.05. The van der Waals surface area contributed by atoms with Gasteiger partial charge in [-0.2, -0.15) is 0 Å². The molecule has 1 aliphatic rings. The van der Waals surface area contributed by atoms with E-state index in [-0.39, 0.29) is 12.6 Å². The van der Waals surface area contributed by atoms with Crippen LogP contribution in [0.2, 0.25) is 19.1 Å². The van der Waals surface area contributed by atoms with Crippen LogP contribution in [0.3, 0.4) is 0 Å². The molecule has 0 unspecified atom stereocenters. The van der Waals surface area contributed by atoms with E-state index in [2.05, 4.69) is 18.8 Å². The van der Waals surface area contributed by atoms with Gasteiger partial charge in [0.15, 0.2) is 0 Å². The zero-order chi connectivity index (χ0) is 20.8. The number of rotatable bonds is 3. The van der Waals surface area contributed by atoms with Crippen LogP contribution >= 0.6 is 0 Å². The summed E-state index contributed by atoms with van der Waals surface area (Å²) in [6, 6.07) is 9.50. The van der Waals surface area contributed by atoms with E-state index in [1.165, 1.54) is 4.90 Å². The number of carboxylic acids is 1. The minimum absolute atomic E-state index is 0.0150. The monoisotopic (exact) mass is 396 g/mol. The van der Waals surface area contributed by atoms with Crippen molar-refractivity contribution >= 4 is 20.1 Å². The third-order valence-electron chi connectivity index (χ3n) is 4.11. The van der Waals surface area contributed by atoms with Gasteiger partial charge >= 0.3 is 6.09 Å². The number of hydrogen-bond donors (Lipinski definition) is 2. The average Bonchev–Trinajstić information content (AvgIpc) is 2.90. The molecule has 2 rings (SSSR count). The lowest BCUT2D eigenvalue weighted by Gasteiger charge is -2.29. The second-order valence-electron chi connectivity index (χ2n) is 8.60. The van der Waals surface area contributed by atoms with Crippen molar-refractivity contribution < 1.29 is 30.3 Å². The molecule has 1 heterocycles. The number of quaternary nitrogens is 1. The predicted molar refractivity (Wildman–Crippen MR) is 103 cm³/mol. The molecule has 27 heavy (non-hydrogen) atoms. The molecule has 0 saturated carbocycles. The van der Waals surface area contributed by atoms with Crippen LogP contribution in [0.15, 0.2) is 30.3 Å². The molecule has 0 bridgehead atoms. The molecule has 1 aromatic rings. The molecule has 0 spiro atoms. The molecule has 1 aromatic carbocycles. The normalized spacial score (nSPS) is 19.7. The van der Waals surface area contributed by atoms with Crippen molar-refractivity contribution in [1.82, 2.24) is 4.90 Å². The predicted octanol–water partition coefficient (Wildman–Crippen LogP) is 0.565. The van der Waals surface area contributed by atoms with Gasteiger partial charge in [-0.25, -0.2) is 4.79 Å². The number of aliphatic hydroxyl groups excluding tert-OH is 1. The van der Waals surface area contributed by atoms with Crippen LogP contribution in [0.4, 0.5) is 4.79 Å². The van der Waals surface area contributed by atoms with Gasteiger partial charge in [0.25, 0.3) is 0 Å². The third kappa shape index (κ3) is 7.70. The van der Waals surface area contributed by atoms with Crippen molar-refractivity contribution in [3.05, 3.63) is 35.9 Å². The smallest absolute Gasteiger partial charge is 0.410 e. The average molecular weight is 397 g/mol. The molecule has 1 amide bonds. The van der Waals surface area contributed by atoms with Crippen LogP contribution in [0.5, 0.6) is 0 Å². The maximum Gasteiger partial charge on any atom is 0.410 e. The number of carbonyl (C=O) groups is 2. The van der Waals surface area contributed by atoms with Crippen LogP contribution in [-0.2, 0) is 9.53 Å². The number of amides is 1. The van der Waals surface area contributed by atoms with Crippen molar-refractivity contribution in [2.75, 3.05) is 12.8 Å². The van der Waals surface area contributed by atoms with E-state index in [9.17, 15) is 14.7 Å². The van der Waals surface area contributed by atoms with Crippen LogP contribution in [0.1, 0.15) is 32.4 Å².